The molecule has 0 spiro atoms. The van der Waals surface area contributed by atoms with Gasteiger partial charge in [0.05, 0.1) is 13.7 Å². The second-order valence-corrected chi connectivity index (χ2v) is 7.41. The van der Waals surface area contributed by atoms with Crippen LogP contribution in [0.2, 0.25) is 0 Å². The van der Waals surface area contributed by atoms with E-state index in [1.54, 1.807) is 7.11 Å². The van der Waals surface area contributed by atoms with E-state index in [1.165, 1.54) is 19.3 Å². The Morgan fingerprint density at radius 2 is 2.16 bits per heavy atom. The molecule has 1 aromatic carbocycles. The van der Waals surface area contributed by atoms with Gasteiger partial charge in [0, 0.05) is 24.9 Å². The van der Waals surface area contributed by atoms with Gasteiger partial charge in [-0.3, -0.25) is 4.99 Å². The fourth-order valence-corrected chi connectivity index (χ4v) is 3.81. The minimum atomic E-state index is 0.517. The molecule has 0 aromatic heterocycles. The van der Waals surface area contributed by atoms with E-state index in [0.717, 1.165) is 34.7 Å². The van der Waals surface area contributed by atoms with Gasteiger partial charge < -0.3 is 20.1 Å². The quantitative estimate of drug-likeness (QED) is 0.546. The molecule has 1 aliphatic rings. The van der Waals surface area contributed by atoms with Crippen LogP contribution in [-0.2, 0) is 6.54 Å². The van der Waals surface area contributed by atoms with Gasteiger partial charge in [-0.1, -0.05) is 13.0 Å². The van der Waals surface area contributed by atoms with Crippen LogP contribution in [0.1, 0.15) is 38.2 Å². The normalized spacial score (nSPS) is 20.4. The fourth-order valence-electron chi connectivity index (χ4n) is 3.01. The summed E-state index contributed by atoms with van der Waals surface area (Å²) >= 11 is 1.97. The second-order valence-electron chi connectivity index (χ2n) is 6.27. The number of methoxy groups -OCH3 is 1. The van der Waals surface area contributed by atoms with E-state index >= 15 is 0 Å². The number of thioether (sulfide) groups is 1. The highest BCUT2D eigenvalue weighted by molar-refractivity contribution is 7.99. The van der Waals surface area contributed by atoms with Gasteiger partial charge in [0.1, 0.15) is 0 Å². The highest BCUT2D eigenvalue weighted by Crippen LogP contribution is 2.29. The van der Waals surface area contributed by atoms with Crippen molar-refractivity contribution in [2.24, 2.45) is 4.99 Å². The third-order valence-electron chi connectivity index (χ3n) is 4.43. The first-order valence-corrected chi connectivity index (χ1v) is 10.3. The van der Waals surface area contributed by atoms with Crippen LogP contribution in [0.25, 0.3) is 0 Å². The minimum Gasteiger partial charge on any atom is -0.493 e. The molecule has 6 heteroatoms. The zero-order valence-electron chi connectivity index (χ0n) is 15.8. The van der Waals surface area contributed by atoms with E-state index in [0.29, 0.717) is 19.2 Å². The summed E-state index contributed by atoms with van der Waals surface area (Å²) in [5, 5.41) is 7.71. The van der Waals surface area contributed by atoms with Crippen molar-refractivity contribution in [1.82, 2.24) is 10.6 Å². The van der Waals surface area contributed by atoms with E-state index in [9.17, 15) is 0 Å². The monoisotopic (exact) mass is 365 g/mol. The van der Waals surface area contributed by atoms with E-state index in [2.05, 4.69) is 34.9 Å². The Kier molecular flexibility index (Phi) is 8.25. The molecule has 1 saturated carbocycles. The summed E-state index contributed by atoms with van der Waals surface area (Å²) in [5.41, 5.74) is 1.14. The lowest BCUT2D eigenvalue weighted by atomic mass is 10.2. The highest BCUT2D eigenvalue weighted by atomic mass is 32.2. The first kappa shape index (κ1) is 19.8. The third-order valence-corrected chi connectivity index (χ3v) is 5.53. The van der Waals surface area contributed by atoms with Crippen molar-refractivity contribution >= 4 is 17.7 Å². The molecular formula is C19H31N3O2S. The molecule has 1 aliphatic carbocycles. The van der Waals surface area contributed by atoms with Gasteiger partial charge >= 0.3 is 0 Å². The van der Waals surface area contributed by atoms with E-state index in [-0.39, 0.29) is 0 Å². The summed E-state index contributed by atoms with van der Waals surface area (Å²) < 4.78 is 11.2. The molecule has 2 unspecified atom stereocenters. The molecule has 0 heterocycles. The van der Waals surface area contributed by atoms with Crippen LogP contribution < -0.4 is 20.1 Å². The van der Waals surface area contributed by atoms with E-state index in [1.807, 2.05) is 30.9 Å². The van der Waals surface area contributed by atoms with Crippen LogP contribution in [0, 0.1) is 0 Å². The fraction of sp³-hybridized carbons (Fsp3) is 0.632. The van der Waals surface area contributed by atoms with Gasteiger partial charge in [0.2, 0.25) is 0 Å². The Labute approximate surface area is 156 Å². The van der Waals surface area contributed by atoms with Crippen LogP contribution in [0.15, 0.2) is 23.2 Å². The summed E-state index contributed by atoms with van der Waals surface area (Å²) in [5.74, 6) is 2.43. The van der Waals surface area contributed by atoms with Crippen molar-refractivity contribution in [2.45, 2.75) is 50.4 Å². The molecule has 0 radical (unpaired) electrons. The van der Waals surface area contributed by atoms with Crippen molar-refractivity contribution in [1.29, 1.82) is 0 Å². The molecule has 5 nitrogen and oxygen atoms in total. The smallest absolute Gasteiger partial charge is 0.191 e. The summed E-state index contributed by atoms with van der Waals surface area (Å²) in [6.45, 7) is 3.49. The molecule has 2 rings (SSSR count). The number of rotatable bonds is 8. The largest absolute Gasteiger partial charge is 0.493 e. The maximum Gasteiger partial charge on any atom is 0.191 e. The number of guanidine groups is 1. The zero-order chi connectivity index (χ0) is 18.1. The molecule has 0 saturated heterocycles. The van der Waals surface area contributed by atoms with Gasteiger partial charge in [-0.05, 0) is 49.6 Å². The predicted octanol–water partition coefficient (Wildman–Crippen LogP) is 3.43. The Bertz CT molecular complexity index is 566. The number of hydrogen-bond acceptors (Lipinski definition) is 4. The molecule has 1 aromatic rings. The van der Waals surface area contributed by atoms with Gasteiger partial charge in [-0.2, -0.15) is 11.8 Å². The molecule has 2 atom stereocenters. The maximum atomic E-state index is 5.70. The number of ether oxygens (including phenoxy) is 2. The molecule has 2 N–H and O–H groups in total. The Morgan fingerprint density at radius 1 is 1.32 bits per heavy atom. The third kappa shape index (κ3) is 6.03. The lowest BCUT2D eigenvalue weighted by Gasteiger charge is -2.18. The van der Waals surface area contributed by atoms with Crippen LogP contribution in [0.5, 0.6) is 11.5 Å². The maximum absolute atomic E-state index is 5.70. The Morgan fingerprint density at radius 3 is 2.80 bits per heavy atom. The van der Waals surface area contributed by atoms with Crippen LogP contribution >= 0.6 is 11.8 Å². The SMILES string of the molecule is CCCOc1ccc(CNC(=NC)NC2CCC(SC)C2)cc1OC. The Balaban J connectivity index is 1.88. The summed E-state index contributed by atoms with van der Waals surface area (Å²) in [7, 11) is 3.49. The van der Waals surface area contributed by atoms with E-state index in [4.69, 9.17) is 9.47 Å². The predicted molar refractivity (Wildman–Crippen MR) is 107 cm³/mol. The first-order valence-electron chi connectivity index (χ1n) is 8.99. The van der Waals surface area contributed by atoms with Crippen molar-refractivity contribution in [3.05, 3.63) is 23.8 Å². The van der Waals surface area contributed by atoms with Crippen LogP contribution in [0.3, 0.4) is 0 Å². The van der Waals surface area contributed by atoms with Gasteiger partial charge in [-0.15, -0.1) is 0 Å². The Hall–Kier alpha value is -1.56. The molecule has 140 valence electrons. The summed E-state index contributed by atoms with van der Waals surface area (Å²) in [6.07, 6.45) is 6.88. The van der Waals surface area contributed by atoms with Crippen LogP contribution in [-0.4, -0.2) is 44.3 Å². The van der Waals surface area contributed by atoms with Crippen molar-refractivity contribution in [2.75, 3.05) is 27.0 Å². The molecular weight excluding hydrogens is 334 g/mol. The lowest BCUT2D eigenvalue weighted by Crippen LogP contribution is -2.42. The average molecular weight is 366 g/mol. The number of nitrogens with one attached hydrogen (secondary N) is 2. The molecule has 1 fully saturated rings. The first-order chi connectivity index (χ1) is 12.2. The van der Waals surface area contributed by atoms with Crippen molar-refractivity contribution < 1.29 is 9.47 Å². The second kappa shape index (κ2) is 10.4. The van der Waals surface area contributed by atoms with Crippen LogP contribution in [0.4, 0.5) is 0 Å². The molecule has 25 heavy (non-hydrogen) atoms. The average Bonchev–Trinajstić information content (AvgIpc) is 3.11. The number of nitrogens with zero attached hydrogens (tertiary/aromatic N) is 1. The van der Waals surface area contributed by atoms with E-state index < -0.39 is 0 Å². The summed E-state index contributed by atoms with van der Waals surface area (Å²) in [6, 6.07) is 6.57. The summed E-state index contributed by atoms with van der Waals surface area (Å²) in [4.78, 5) is 4.35. The molecule has 0 amide bonds. The van der Waals surface area contributed by atoms with Crippen molar-refractivity contribution in [3.8, 4) is 11.5 Å². The zero-order valence-corrected chi connectivity index (χ0v) is 16.6. The standard InChI is InChI=1S/C19H31N3O2S/c1-5-10-24-17-9-6-14(11-18(17)23-3)13-21-19(20-2)22-15-7-8-16(12-15)25-4/h6,9,11,15-16H,5,7-8,10,12-13H2,1-4H3,(H2,20,21,22). The number of hydrogen-bond donors (Lipinski definition) is 2. The highest BCUT2D eigenvalue weighted by Gasteiger charge is 2.24. The number of aliphatic imine (C=N–C) groups is 1. The number of benzene rings is 1. The lowest BCUT2D eigenvalue weighted by molar-refractivity contribution is 0.294. The van der Waals surface area contributed by atoms with Gasteiger partial charge in [0.15, 0.2) is 17.5 Å². The molecule has 0 aliphatic heterocycles. The van der Waals surface area contributed by atoms with Crippen molar-refractivity contribution in [3.63, 3.8) is 0 Å². The van der Waals surface area contributed by atoms with Gasteiger partial charge in [-0.25, -0.2) is 0 Å². The minimum absolute atomic E-state index is 0.517. The topological polar surface area (TPSA) is 54.9 Å². The van der Waals surface area contributed by atoms with Gasteiger partial charge in [0.25, 0.3) is 0 Å². The molecule has 0 bridgehead atoms.